The number of hydrogen-bond donors (Lipinski definition) is 0. The van der Waals surface area contributed by atoms with Crippen molar-refractivity contribution in [2.75, 3.05) is 13.7 Å². The summed E-state index contributed by atoms with van der Waals surface area (Å²) in [7, 11) is 1.36. The maximum Gasteiger partial charge on any atom is 0.316 e. The molecule has 0 saturated heterocycles. The highest BCUT2D eigenvalue weighted by Gasteiger charge is 2.68. The first-order valence-corrected chi connectivity index (χ1v) is 6.40. The summed E-state index contributed by atoms with van der Waals surface area (Å²) in [5.74, 6) is -0.531. The molecule has 1 aromatic rings. The van der Waals surface area contributed by atoms with Crippen molar-refractivity contribution in [2.45, 2.75) is 32.6 Å². The van der Waals surface area contributed by atoms with Crippen LogP contribution in [0.1, 0.15) is 32.8 Å². The van der Waals surface area contributed by atoms with Crippen molar-refractivity contribution in [3.05, 3.63) is 29.6 Å². The Balaban J connectivity index is 2.41. The maximum atomic E-state index is 13.9. The fourth-order valence-electron chi connectivity index (χ4n) is 2.79. The summed E-state index contributed by atoms with van der Waals surface area (Å²) in [6.45, 7) is 6.17. The van der Waals surface area contributed by atoms with Crippen molar-refractivity contribution in [3.63, 3.8) is 0 Å². The van der Waals surface area contributed by atoms with Crippen molar-refractivity contribution < 1.29 is 18.7 Å². The molecule has 0 spiro atoms. The Morgan fingerprint density at radius 2 is 2.05 bits per heavy atom. The molecule has 0 aliphatic heterocycles. The Kier molecular flexibility index (Phi) is 3.29. The third kappa shape index (κ3) is 1.99. The summed E-state index contributed by atoms with van der Waals surface area (Å²) >= 11 is 0. The van der Waals surface area contributed by atoms with E-state index >= 15 is 0 Å². The number of rotatable bonds is 4. The number of methoxy groups -OCH3 is 1. The number of esters is 1. The second kappa shape index (κ2) is 4.51. The average Bonchev–Trinajstić information content (AvgIpc) is 2.95. The third-order valence-electron chi connectivity index (χ3n) is 4.00. The van der Waals surface area contributed by atoms with Gasteiger partial charge in [0.25, 0.3) is 0 Å². The lowest BCUT2D eigenvalue weighted by Gasteiger charge is -2.19. The molecule has 3 nitrogen and oxygen atoms in total. The standard InChI is InChI=1S/C15H19FO3/c1-5-19-12-7-6-10(8-11(12)16)15(13(17)18-4)9-14(15,2)3/h6-8H,5,9H2,1-4H3. The predicted molar refractivity (Wildman–Crippen MR) is 69.7 cm³/mol. The lowest BCUT2D eigenvalue weighted by molar-refractivity contribution is -0.144. The summed E-state index contributed by atoms with van der Waals surface area (Å²) in [4.78, 5) is 12.1. The van der Waals surface area contributed by atoms with E-state index in [1.807, 2.05) is 13.8 Å². The van der Waals surface area contributed by atoms with Gasteiger partial charge in [-0.25, -0.2) is 4.39 Å². The van der Waals surface area contributed by atoms with E-state index in [4.69, 9.17) is 9.47 Å². The second-order valence-electron chi connectivity index (χ2n) is 5.54. The van der Waals surface area contributed by atoms with Crippen LogP contribution in [0.5, 0.6) is 5.75 Å². The first-order valence-electron chi connectivity index (χ1n) is 6.40. The predicted octanol–water partition coefficient (Wildman–Crippen LogP) is 3.07. The van der Waals surface area contributed by atoms with E-state index in [1.165, 1.54) is 13.2 Å². The van der Waals surface area contributed by atoms with Crippen LogP contribution in [0.15, 0.2) is 18.2 Å². The van der Waals surface area contributed by atoms with Crippen molar-refractivity contribution in [2.24, 2.45) is 5.41 Å². The van der Waals surface area contributed by atoms with Crippen molar-refractivity contribution >= 4 is 5.97 Å². The van der Waals surface area contributed by atoms with Gasteiger partial charge in [0.2, 0.25) is 0 Å². The van der Waals surface area contributed by atoms with E-state index in [-0.39, 0.29) is 17.1 Å². The lowest BCUT2D eigenvalue weighted by Crippen LogP contribution is -2.27. The molecule has 1 aromatic carbocycles. The van der Waals surface area contributed by atoms with Gasteiger partial charge in [-0.1, -0.05) is 19.9 Å². The Morgan fingerprint density at radius 3 is 2.47 bits per heavy atom. The van der Waals surface area contributed by atoms with E-state index in [0.717, 1.165) is 0 Å². The minimum absolute atomic E-state index is 0.209. The summed E-state index contributed by atoms with van der Waals surface area (Å²) < 4.78 is 24.0. The normalized spacial score (nSPS) is 23.8. The van der Waals surface area contributed by atoms with Gasteiger partial charge in [-0.2, -0.15) is 0 Å². The van der Waals surface area contributed by atoms with E-state index in [2.05, 4.69) is 0 Å². The zero-order chi connectivity index (χ0) is 14.3. The molecule has 1 aliphatic rings. The molecule has 1 fully saturated rings. The summed E-state index contributed by atoms with van der Waals surface area (Å²) in [6, 6.07) is 4.71. The molecule has 1 atom stereocenters. The van der Waals surface area contributed by atoms with Gasteiger partial charge in [-0.15, -0.1) is 0 Å². The SMILES string of the molecule is CCOc1ccc(C2(C(=O)OC)CC2(C)C)cc1F. The van der Waals surface area contributed by atoms with Gasteiger partial charge in [0.15, 0.2) is 11.6 Å². The molecule has 0 radical (unpaired) electrons. The summed E-state index contributed by atoms with van der Waals surface area (Å²) in [5, 5.41) is 0. The van der Waals surface area contributed by atoms with Gasteiger partial charge in [0.1, 0.15) is 0 Å². The highest BCUT2D eigenvalue weighted by Crippen LogP contribution is 2.65. The molecule has 0 aromatic heterocycles. The van der Waals surface area contributed by atoms with Crippen LogP contribution in [0.3, 0.4) is 0 Å². The molecule has 0 amide bonds. The van der Waals surface area contributed by atoms with E-state index in [1.54, 1.807) is 19.1 Å². The quantitative estimate of drug-likeness (QED) is 0.786. The van der Waals surface area contributed by atoms with Gasteiger partial charge in [-0.3, -0.25) is 4.79 Å². The molecule has 1 aliphatic carbocycles. The molecule has 0 heterocycles. The van der Waals surface area contributed by atoms with Gasteiger partial charge in [-0.05, 0) is 36.5 Å². The minimum atomic E-state index is -0.729. The molecule has 1 unspecified atom stereocenters. The molecule has 4 heteroatoms. The lowest BCUT2D eigenvalue weighted by atomic mass is 9.88. The summed E-state index contributed by atoms with van der Waals surface area (Å²) in [6.07, 6.45) is 0.667. The van der Waals surface area contributed by atoms with Crippen LogP contribution in [-0.2, 0) is 14.9 Å². The fraction of sp³-hybridized carbons (Fsp3) is 0.533. The molecule has 2 rings (SSSR count). The van der Waals surface area contributed by atoms with Crippen LogP contribution in [0.4, 0.5) is 4.39 Å². The second-order valence-corrected chi connectivity index (χ2v) is 5.54. The Morgan fingerprint density at radius 1 is 1.42 bits per heavy atom. The van der Waals surface area contributed by atoms with E-state index in [0.29, 0.717) is 18.6 Å². The Bertz CT molecular complexity index is 510. The van der Waals surface area contributed by atoms with Gasteiger partial charge in [0.05, 0.1) is 19.1 Å². The smallest absolute Gasteiger partial charge is 0.316 e. The number of hydrogen-bond acceptors (Lipinski definition) is 3. The number of carbonyl (C=O) groups excluding carboxylic acids is 1. The highest BCUT2D eigenvalue weighted by molar-refractivity contribution is 5.88. The average molecular weight is 266 g/mol. The zero-order valence-electron chi connectivity index (χ0n) is 11.7. The van der Waals surface area contributed by atoms with Crippen molar-refractivity contribution in [1.29, 1.82) is 0 Å². The van der Waals surface area contributed by atoms with Crippen molar-refractivity contribution in [3.8, 4) is 5.75 Å². The Hall–Kier alpha value is -1.58. The maximum absolute atomic E-state index is 13.9. The first-order chi connectivity index (χ1) is 8.89. The number of benzene rings is 1. The molecular weight excluding hydrogens is 247 g/mol. The Labute approximate surface area is 112 Å². The van der Waals surface area contributed by atoms with Gasteiger partial charge >= 0.3 is 5.97 Å². The van der Waals surface area contributed by atoms with Crippen molar-refractivity contribution in [1.82, 2.24) is 0 Å². The van der Waals surface area contributed by atoms with Gasteiger partial charge in [0, 0.05) is 0 Å². The van der Waals surface area contributed by atoms with E-state index in [9.17, 15) is 9.18 Å². The summed E-state index contributed by atoms with van der Waals surface area (Å²) in [5.41, 5.74) is -0.280. The van der Waals surface area contributed by atoms with Crippen LogP contribution in [0.2, 0.25) is 0 Å². The van der Waals surface area contributed by atoms with Crippen LogP contribution >= 0.6 is 0 Å². The molecule has 104 valence electrons. The monoisotopic (exact) mass is 266 g/mol. The molecule has 0 N–H and O–H groups in total. The first kappa shape index (κ1) is 13.8. The van der Waals surface area contributed by atoms with E-state index < -0.39 is 11.2 Å². The number of ether oxygens (including phenoxy) is 2. The van der Waals surface area contributed by atoms with Crippen LogP contribution in [0.25, 0.3) is 0 Å². The van der Waals surface area contributed by atoms with Crippen LogP contribution < -0.4 is 4.74 Å². The fourth-order valence-corrected chi connectivity index (χ4v) is 2.79. The minimum Gasteiger partial charge on any atom is -0.491 e. The number of carbonyl (C=O) groups is 1. The van der Waals surface area contributed by atoms with Crippen LogP contribution in [-0.4, -0.2) is 19.7 Å². The molecule has 19 heavy (non-hydrogen) atoms. The highest BCUT2D eigenvalue weighted by atomic mass is 19.1. The largest absolute Gasteiger partial charge is 0.491 e. The molecule has 0 bridgehead atoms. The van der Waals surface area contributed by atoms with Gasteiger partial charge < -0.3 is 9.47 Å². The molecule has 1 saturated carbocycles. The topological polar surface area (TPSA) is 35.5 Å². The van der Waals surface area contributed by atoms with Crippen LogP contribution in [0, 0.1) is 11.2 Å². The zero-order valence-corrected chi connectivity index (χ0v) is 11.7. The molecular formula is C15H19FO3. The number of halogens is 1. The third-order valence-corrected chi connectivity index (χ3v) is 4.00.